The zero-order chi connectivity index (χ0) is 16.4. The molecule has 1 aromatic carbocycles. The van der Waals surface area contributed by atoms with Crippen LogP contribution < -0.4 is 10.5 Å². The number of carbonyl (C=O) groups is 1. The number of amides is 1. The molecule has 0 spiro atoms. The largest absolute Gasteiger partial charge is 0.352 e. The van der Waals surface area contributed by atoms with Gasteiger partial charge < -0.3 is 5.32 Å². The van der Waals surface area contributed by atoms with E-state index in [2.05, 4.69) is 48.9 Å². The number of benzene rings is 1. The molecule has 0 aliphatic rings. The fourth-order valence-corrected chi connectivity index (χ4v) is 3.07. The van der Waals surface area contributed by atoms with E-state index in [9.17, 15) is 13.2 Å². The number of hydrogen-bond donors (Lipinski definition) is 2. The minimum atomic E-state index is -3.87. The molecule has 7 heteroatoms. The molecule has 0 radical (unpaired) electrons. The first-order valence-electron chi connectivity index (χ1n) is 6.53. The molecule has 5 nitrogen and oxygen atoms in total. The van der Waals surface area contributed by atoms with Gasteiger partial charge in [-0.05, 0) is 45.5 Å². The Morgan fingerprint density at radius 1 is 1.38 bits per heavy atom. The average Bonchev–Trinajstić information content (AvgIpc) is 2.33. The molecular formula is C14H21BrN2O3S. The monoisotopic (exact) mass is 376 g/mol. The third-order valence-electron chi connectivity index (χ3n) is 3.55. The van der Waals surface area contributed by atoms with Crippen LogP contribution in [0.1, 0.15) is 38.1 Å². The predicted molar refractivity (Wildman–Crippen MR) is 86.5 cm³/mol. The van der Waals surface area contributed by atoms with Crippen molar-refractivity contribution in [2.75, 3.05) is 6.54 Å². The molecule has 1 atom stereocenters. The van der Waals surface area contributed by atoms with Gasteiger partial charge >= 0.3 is 0 Å². The van der Waals surface area contributed by atoms with Crippen molar-refractivity contribution >= 4 is 31.9 Å². The normalized spacial score (nSPS) is 13.8. The van der Waals surface area contributed by atoms with Gasteiger partial charge in [0.1, 0.15) is 0 Å². The van der Waals surface area contributed by atoms with Crippen LogP contribution in [0.25, 0.3) is 0 Å². The zero-order valence-electron chi connectivity index (χ0n) is 12.6. The molecule has 0 aliphatic heterocycles. The third-order valence-corrected chi connectivity index (χ3v) is 5.45. The van der Waals surface area contributed by atoms with Gasteiger partial charge in [0.05, 0.1) is 4.90 Å². The standard InChI is InChI=1S/C14H21BrN2O3S/c1-9(14(2,3)4)8-17-13(18)10-5-6-11(15)12(7-10)21(16,19)20/h5-7,9H,8H2,1-4H3,(H,17,18)(H2,16,19,20). The summed E-state index contributed by atoms with van der Waals surface area (Å²) in [5.41, 5.74) is 0.349. The van der Waals surface area contributed by atoms with E-state index in [1.807, 2.05) is 0 Å². The number of rotatable bonds is 4. The number of carbonyl (C=O) groups excluding carboxylic acids is 1. The molecule has 0 aromatic heterocycles. The second kappa shape index (κ2) is 6.46. The Morgan fingerprint density at radius 2 is 1.95 bits per heavy atom. The maximum Gasteiger partial charge on any atom is 0.251 e. The summed E-state index contributed by atoms with van der Waals surface area (Å²) in [6, 6.07) is 4.33. The third kappa shape index (κ3) is 5.09. The lowest BCUT2D eigenvalue weighted by Crippen LogP contribution is -2.33. The molecule has 21 heavy (non-hydrogen) atoms. The molecule has 3 N–H and O–H groups in total. The van der Waals surface area contributed by atoms with Gasteiger partial charge in [0.25, 0.3) is 5.91 Å². The summed E-state index contributed by atoms with van der Waals surface area (Å²) in [6.45, 7) is 8.87. The fourth-order valence-electron chi connectivity index (χ4n) is 1.52. The maximum atomic E-state index is 12.1. The van der Waals surface area contributed by atoms with Gasteiger partial charge in [0.2, 0.25) is 10.0 Å². The van der Waals surface area contributed by atoms with E-state index in [4.69, 9.17) is 5.14 Å². The number of halogens is 1. The molecule has 0 bridgehead atoms. The number of nitrogens with one attached hydrogen (secondary N) is 1. The summed E-state index contributed by atoms with van der Waals surface area (Å²) in [4.78, 5) is 12.0. The lowest BCUT2D eigenvalue weighted by Gasteiger charge is -2.27. The Kier molecular flexibility index (Phi) is 5.57. The van der Waals surface area contributed by atoms with Crippen molar-refractivity contribution < 1.29 is 13.2 Å². The summed E-state index contributed by atoms with van der Waals surface area (Å²) < 4.78 is 23.2. The van der Waals surface area contributed by atoms with E-state index in [-0.39, 0.29) is 27.7 Å². The van der Waals surface area contributed by atoms with Crippen molar-refractivity contribution in [3.8, 4) is 0 Å². The van der Waals surface area contributed by atoms with E-state index < -0.39 is 10.0 Å². The molecule has 0 aliphatic carbocycles. The smallest absolute Gasteiger partial charge is 0.251 e. The number of sulfonamides is 1. The highest BCUT2D eigenvalue weighted by Crippen LogP contribution is 2.25. The first kappa shape index (κ1) is 18.1. The highest BCUT2D eigenvalue weighted by Gasteiger charge is 2.21. The Balaban J connectivity index is 2.90. The van der Waals surface area contributed by atoms with Gasteiger partial charge in [-0.15, -0.1) is 0 Å². The van der Waals surface area contributed by atoms with Crippen molar-refractivity contribution in [1.29, 1.82) is 0 Å². The summed E-state index contributed by atoms with van der Waals surface area (Å²) >= 11 is 3.11. The number of hydrogen-bond acceptors (Lipinski definition) is 3. The van der Waals surface area contributed by atoms with Crippen LogP contribution in [-0.2, 0) is 10.0 Å². The number of primary sulfonamides is 1. The van der Waals surface area contributed by atoms with Gasteiger partial charge in [-0.1, -0.05) is 27.7 Å². The van der Waals surface area contributed by atoms with Crippen molar-refractivity contribution in [2.24, 2.45) is 16.5 Å². The van der Waals surface area contributed by atoms with Crippen molar-refractivity contribution in [3.05, 3.63) is 28.2 Å². The minimum Gasteiger partial charge on any atom is -0.352 e. The van der Waals surface area contributed by atoms with E-state index in [0.29, 0.717) is 11.0 Å². The van der Waals surface area contributed by atoms with Gasteiger partial charge in [-0.25, -0.2) is 13.6 Å². The van der Waals surface area contributed by atoms with Gasteiger partial charge in [0, 0.05) is 16.6 Å². The quantitative estimate of drug-likeness (QED) is 0.845. The van der Waals surface area contributed by atoms with Crippen LogP contribution in [0.5, 0.6) is 0 Å². The van der Waals surface area contributed by atoms with E-state index in [1.54, 1.807) is 6.07 Å². The molecule has 1 unspecified atom stereocenters. The highest BCUT2D eigenvalue weighted by atomic mass is 79.9. The average molecular weight is 377 g/mol. The molecule has 1 amide bonds. The first-order valence-corrected chi connectivity index (χ1v) is 8.87. The van der Waals surface area contributed by atoms with Crippen LogP contribution in [-0.4, -0.2) is 20.9 Å². The Morgan fingerprint density at radius 3 is 2.43 bits per heavy atom. The Hall–Kier alpha value is -0.920. The Labute approximate surface area is 134 Å². The van der Waals surface area contributed by atoms with Gasteiger partial charge in [0.15, 0.2) is 0 Å². The van der Waals surface area contributed by atoms with Gasteiger partial charge in [-0.3, -0.25) is 4.79 Å². The summed E-state index contributed by atoms with van der Waals surface area (Å²) in [5, 5.41) is 7.93. The second-order valence-corrected chi connectivity index (χ2v) is 8.55. The molecule has 0 heterocycles. The van der Waals surface area contributed by atoms with Crippen molar-refractivity contribution in [2.45, 2.75) is 32.6 Å². The summed E-state index contributed by atoms with van der Waals surface area (Å²) in [7, 11) is -3.87. The maximum absolute atomic E-state index is 12.1. The number of nitrogens with two attached hydrogens (primary N) is 1. The first-order chi connectivity index (χ1) is 9.43. The SMILES string of the molecule is CC(CNC(=O)c1ccc(Br)c(S(N)(=O)=O)c1)C(C)(C)C. The van der Waals surface area contributed by atoms with E-state index in [1.165, 1.54) is 12.1 Å². The molecule has 0 saturated carbocycles. The van der Waals surface area contributed by atoms with E-state index in [0.717, 1.165) is 0 Å². The molecule has 0 fully saturated rings. The van der Waals surface area contributed by atoms with Crippen LogP contribution in [0.3, 0.4) is 0 Å². The predicted octanol–water partition coefficient (Wildman–Crippen LogP) is 2.51. The minimum absolute atomic E-state index is 0.0821. The van der Waals surface area contributed by atoms with Crippen LogP contribution in [0, 0.1) is 11.3 Å². The van der Waals surface area contributed by atoms with Crippen LogP contribution in [0.2, 0.25) is 0 Å². The van der Waals surface area contributed by atoms with Crippen LogP contribution in [0.4, 0.5) is 0 Å². The molecular weight excluding hydrogens is 356 g/mol. The summed E-state index contributed by atoms with van der Waals surface area (Å²) in [5.74, 6) is -0.0295. The van der Waals surface area contributed by atoms with Crippen LogP contribution >= 0.6 is 15.9 Å². The van der Waals surface area contributed by atoms with Crippen molar-refractivity contribution in [1.82, 2.24) is 5.32 Å². The fraction of sp³-hybridized carbons (Fsp3) is 0.500. The van der Waals surface area contributed by atoms with Crippen molar-refractivity contribution in [3.63, 3.8) is 0 Å². The second-order valence-electron chi connectivity index (χ2n) is 6.17. The molecule has 118 valence electrons. The molecule has 1 rings (SSSR count). The highest BCUT2D eigenvalue weighted by molar-refractivity contribution is 9.10. The lowest BCUT2D eigenvalue weighted by molar-refractivity contribution is 0.0937. The van der Waals surface area contributed by atoms with Gasteiger partial charge in [-0.2, -0.15) is 0 Å². The lowest BCUT2D eigenvalue weighted by atomic mass is 9.82. The summed E-state index contributed by atoms with van der Waals surface area (Å²) in [6.07, 6.45) is 0. The topological polar surface area (TPSA) is 89.3 Å². The molecule has 0 saturated heterocycles. The Bertz CT molecular complexity index is 636. The molecule has 1 aromatic rings. The zero-order valence-corrected chi connectivity index (χ0v) is 15.0. The van der Waals surface area contributed by atoms with E-state index >= 15 is 0 Å². The van der Waals surface area contributed by atoms with Crippen LogP contribution in [0.15, 0.2) is 27.6 Å².